The van der Waals surface area contributed by atoms with Gasteiger partial charge in [-0.15, -0.1) is 0 Å². The third kappa shape index (κ3) is 3.61. The molecule has 0 saturated heterocycles. The number of ether oxygens (including phenoxy) is 1. The van der Waals surface area contributed by atoms with Crippen LogP contribution in [-0.2, 0) is 4.74 Å². The van der Waals surface area contributed by atoms with E-state index in [-0.39, 0.29) is 11.9 Å². The molecular weight excluding hydrogens is 276 g/mol. The predicted octanol–water partition coefficient (Wildman–Crippen LogP) is 1.80. The van der Waals surface area contributed by atoms with Crippen LogP contribution in [0.3, 0.4) is 0 Å². The Morgan fingerprint density at radius 1 is 1.60 bits per heavy atom. The van der Waals surface area contributed by atoms with Crippen molar-refractivity contribution in [1.82, 2.24) is 9.88 Å². The van der Waals surface area contributed by atoms with E-state index in [4.69, 9.17) is 10.5 Å². The molecule has 1 fully saturated rings. The van der Waals surface area contributed by atoms with Gasteiger partial charge in [-0.25, -0.2) is 4.98 Å². The topological polar surface area (TPSA) is 80.5 Å². The lowest BCUT2D eigenvalue weighted by molar-refractivity contribution is 0.0640. The number of nitrogens with zero attached hydrogens (tertiary/aromatic N) is 2. The van der Waals surface area contributed by atoms with E-state index >= 15 is 0 Å². The molecule has 3 N–H and O–H groups in total. The van der Waals surface area contributed by atoms with Gasteiger partial charge >= 0.3 is 0 Å². The number of nitrogens with one attached hydrogen (secondary N) is 1. The molecule has 1 saturated carbocycles. The first-order chi connectivity index (χ1) is 9.52. The van der Waals surface area contributed by atoms with E-state index in [2.05, 4.69) is 10.3 Å². The molecule has 1 amide bonds. The summed E-state index contributed by atoms with van der Waals surface area (Å²) in [6, 6.07) is 0.595. The molecule has 0 radical (unpaired) electrons. The molecule has 2 rings (SSSR count). The summed E-state index contributed by atoms with van der Waals surface area (Å²) in [6.07, 6.45) is 2.32. The number of hydrogen-bond donors (Lipinski definition) is 2. The van der Waals surface area contributed by atoms with Crippen molar-refractivity contribution in [2.24, 2.45) is 0 Å². The molecule has 1 heterocycles. The Labute approximate surface area is 123 Å². The van der Waals surface area contributed by atoms with Gasteiger partial charge < -0.3 is 20.7 Å². The van der Waals surface area contributed by atoms with Crippen LogP contribution in [0.2, 0.25) is 0 Å². The Kier molecular flexibility index (Phi) is 4.82. The van der Waals surface area contributed by atoms with Gasteiger partial charge in [0, 0.05) is 25.7 Å². The van der Waals surface area contributed by atoms with E-state index in [0.717, 1.165) is 18.0 Å². The van der Waals surface area contributed by atoms with Gasteiger partial charge in [-0.3, -0.25) is 4.79 Å². The summed E-state index contributed by atoms with van der Waals surface area (Å²) < 4.78 is 5.06. The fourth-order valence-corrected chi connectivity index (χ4v) is 2.78. The number of anilines is 2. The number of amides is 1. The Morgan fingerprint density at radius 3 is 2.85 bits per heavy atom. The van der Waals surface area contributed by atoms with E-state index in [1.54, 1.807) is 12.0 Å². The first kappa shape index (κ1) is 15.1. The molecule has 0 atom stereocenters. The molecule has 20 heavy (non-hydrogen) atoms. The first-order valence-corrected chi connectivity index (χ1v) is 7.67. The number of carbonyl (C=O) groups is 1. The van der Waals surface area contributed by atoms with Crippen molar-refractivity contribution in [1.29, 1.82) is 0 Å². The van der Waals surface area contributed by atoms with Gasteiger partial charge in [-0.2, -0.15) is 0 Å². The lowest BCUT2D eigenvalue weighted by Gasteiger charge is -2.25. The zero-order valence-electron chi connectivity index (χ0n) is 12.2. The highest BCUT2D eigenvalue weighted by Gasteiger charge is 2.26. The third-order valence-electron chi connectivity index (χ3n) is 3.17. The van der Waals surface area contributed by atoms with Gasteiger partial charge in [-0.05, 0) is 26.7 Å². The molecule has 1 aromatic heterocycles. The molecule has 7 heteroatoms. The zero-order chi connectivity index (χ0) is 14.7. The van der Waals surface area contributed by atoms with Crippen LogP contribution in [0.1, 0.15) is 36.4 Å². The second kappa shape index (κ2) is 6.41. The molecule has 0 aliphatic heterocycles. The predicted molar refractivity (Wildman–Crippen MR) is 81.2 cm³/mol. The van der Waals surface area contributed by atoms with Crippen LogP contribution in [0, 0.1) is 0 Å². The second-order valence-electron chi connectivity index (χ2n) is 5.24. The van der Waals surface area contributed by atoms with Gasteiger partial charge in [0.05, 0.1) is 6.61 Å². The summed E-state index contributed by atoms with van der Waals surface area (Å²) in [7, 11) is 1.63. The average molecular weight is 298 g/mol. The minimum atomic E-state index is -0.0732. The van der Waals surface area contributed by atoms with Crippen LogP contribution in [0.25, 0.3) is 0 Å². The van der Waals surface area contributed by atoms with Crippen LogP contribution < -0.4 is 11.1 Å². The Morgan fingerprint density at radius 2 is 2.30 bits per heavy atom. The molecule has 6 nitrogen and oxygen atoms in total. The molecule has 112 valence electrons. The van der Waals surface area contributed by atoms with Crippen molar-refractivity contribution in [3.8, 4) is 0 Å². The fraction of sp³-hybridized carbons (Fsp3) is 0.692. The highest BCUT2D eigenvalue weighted by Crippen LogP contribution is 2.31. The standard InChI is InChI=1S/C13H22N4O2S/c1-8(2)17(6-7-19-3)12(18)10-11(14)16-13(20-10)15-9-4-5-9/h8-9H,4-7,14H2,1-3H3,(H,15,16). The Balaban J connectivity index is 2.10. The van der Waals surface area contributed by atoms with E-state index in [1.807, 2.05) is 13.8 Å². The van der Waals surface area contributed by atoms with Gasteiger partial charge in [0.2, 0.25) is 0 Å². The molecule has 1 aliphatic rings. The summed E-state index contributed by atoms with van der Waals surface area (Å²) >= 11 is 1.34. The van der Waals surface area contributed by atoms with Crippen molar-refractivity contribution in [3.63, 3.8) is 0 Å². The summed E-state index contributed by atoms with van der Waals surface area (Å²) in [5, 5.41) is 4.01. The summed E-state index contributed by atoms with van der Waals surface area (Å²) in [5.41, 5.74) is 5.89. The largest absolute Gasteiger partial charge is 0.383 e. The van der Waals surface area contributed by atoms with Crippen molar-refractivity contribution < 1.29 is 9.53 Å². The van der Waals surface area contributed by atoms with E-state index in [1.165, 1.54) is 11.3 Å². The maximum Gasteiger partial charge on any atom is 0.268 e. The molecular formula is C13H22N4O2S. The second-order valence-corrected chi connectivity index (χ2v) is 6.24. The normalized spacial score (nSPS) is 14.6. The van der Waals surface area contributed by atoms with Gasteiger partial charge in [0.25, 0.3) is 5.91 Å². The molecule has 0 bridgehead atoms. The number of rotatable bonds is 7. The van der Waals surface area contributed by atoms with Crippen LogP contribution in [0.4, 0.5) is 10.9 Å². The number of methoxy groups -OCH3 is 1. The molecule has 0 spiro atoms. The number of nitrogen functional groups attached to an aromatic ring is 1. The zero-order valence-corrected chi connectivity index (χ0v) is 13.0. The highest BCUT2D eigenvalue weighted by atomic mass is 32.1. The van der Waals surface area contributed by atoms with Crippen molar-refractivity contribution in [2.45, 2.75) is 38.8 Å². The fourth-order valence-electron chi connectivity index (χ4n) is 1.86. The number of carbonyl (C=O) groups excluding carboxylic acids is 1. The maximum absolute atomic E-state index is 12.6. The van der Waals surface area contributed by atoms with E-state index in [0.29, 0.717) is 29.9 Å². The van der Waals surface area contributed by atoms with Crippen LogP contribution >= 0.6 is 11.3 Å². The van der Waals surface area contributed by atoms with Crippen LogP contribution in [0.15, 0.2) is 0 Å². The summed E-state index contributed by atoms with van der Waals surface area (Å²) in [6.45, 7) is 5.02. The maximum atomic E-state index is 12.6. The summed E-state index contributed by atoms with van der Waals surface area (Å²) in [5.74, 6) is 0.238. The number of aromatic nitrogens is 1. The smallest absolute Gasteiger partial charge is 0.268 e. The molecule has 1 aromatic rings. The minimum absolute atomic E-state index is 0.0732. The minimum Gasteiger partial charge on any atom is -0.383 e. The Hall–Kier alpha value is -1.34. The van der Waals surface area contributed by atoms with E-state index in [9.17, 15) is 4.79 Å². The Bertz CT molecular complexity index is 471. The number of hydrogen-bond acceptors (Lipinski definition) is 6. The SMILES string of the molecule is COCCN(C(=O)c1sc(NC2CC2)nc1N)C(C)C. The molecule has 0 aromatic carbocycles. The average Bonchev–Trinajstić information content (AvgIpc) is 3.11. The monoisotopic (exact) mass is 298 g/mol. The van der Waals surface area contributed by atoms with Crippen molar-refractivity contribution >= 4 is 28.2 Å². The van der Waals surface area contributed by atoms with Crippen LogP contribution in [0.5, 0.6) is 0 Å². The van der Waals surface area contributed by atoms with Crippen molar-refractivity contribution in [3.05, 3.63) is 4.88 Å². The number of nitrogens with two attached hydrogens (primary N) is 1. The summed E-state index contributed by atoms with van der Waals surface area (Å²) in [4.78, 5) is 19.1. The lowest BCUT2D eigenvalue weighted by atomic mass is 10.3. The van der Waals surface area contributed by atoms with Crippen LogP contribution in [-0.4, -0.2) is 48.1 Å². The van der Waals surface area contributed by atoms with Gasteiger partial charge in [0.15, 0.2) is 5.13 Å². The third-order valence-corrected chi connectivity index (χ3v) is 4.16. The molecule has 1 aliphatic carbocycles. The van der Waals surface area contributed by atoms with Gasteiger partial charge in [0.1, 0.15) is 10.7 Å². The number of thiazole rings is 1. The quantitative estimate of drug-likeness (QED) is 0.802. The van der Waals surface area contributed by atoms with E-state index < -0.39 is 0 Å². The van der Waals surface area contributed by atoms with Crippen molar-refractivity contribution in [2.75, 3.05) is 31.3 Å². The van der Waals surface area contributed by atoms with Gasteiger partial charge in [-0.1, -0.05) is 11.3 Å². The highest BCUT2D eigenvalue weighted by molar-refractivity contribution is 7.18. The molecule has 0 unspecified atom stereocenters. The first-order valence-electron chi connectivity index (χ1n) is 6.85. The lowest BCUT2D eigenvalue weighted by Crippen LogP contribution is -2.39.